The van der Waals surface area contributed by atoms with Gasteiger partial charge in [0.25, 0.3) is 6.08 Å². The van der Waals surface area contributed by atoms with Gasteiger partial charge in [-0.05, 0) is 18.2 Å². The van der Waals surface area contributed by atoms with Crippen molar-refractivity contribution in [3.63, 3.8) is 0 Å². The smallest absolute Gasteiger partial charge is 0.270 e. The summed E-state index contributed by atoms with van der Waals surface area (Å²) in [6, 6.07) is 6.05. The predicted molar refractivity (Wildman–Crippen MR) is 45.8 cm³/mol. The molecule has 0 saturated heterocycles. The molecule has 0 bridgehead atoms. The van der Waals surface area contributed by atoms with Gasteiger partial charge in [-0.3, -0.25) is 0 Å². The highest BCUT2D eigenvalue weighted by Crippen LogP contribution is 2.17. The number of nitrogens with two attached hydrogens (primary N) is 1. The summed E-state index contributed by atoms with van der Waals surface area (Å²) in [5, 5.41) is 8.49. The molecule has 66 valence electrons. The van der Waals surface area contributed by atoms with Crippen molar-refractivity contribution in [3.05, 3.63) is 35.4 Å². The van der Waals surface area contributed by atoms with Crippen molar-refractivity contribution in [2.45, 2.75) is 0 Å². The van der Waals surface area contributed by atoms with Crippen molar-refractivity contribution in [1.82, 2.24) is 0 Å². The first-order chi connectivity index (χ1) is 6.13. The fraction of sp³-hybridized carbons (Fsp3) is 0. The van der Waals surface area contributed by atoms with Gasteiger partial charge in [0.1, 0.15) is 0 Å². The zero-order valence-corrected chi connectivity index (χ0v) is 6.59. The Bertz CT molecular complexity index is 387. The van der Waals surface area contributed by atoms with Crippen molar-refractivity contribution in [2.24, 2.45) is 0 Å². The standard InChI is InChI=1S/C9H6F2N2/c10-9(11)4-7-3-6(5-12)1-2-8(7)13/h1-4H,13H2. The molecule has 0 aromatic heterocycles. The Labute approximate surface area is 73.9 Å². The van der Waals surface area contributed by atoms with Crippen LogP contribution in [0.5, 0.6) is 0 Å². The van der Waals surface area contributed by atoms with Gasteiger partial charge in [0.15, 0.2) is 0 Å². The molecule has 0 radical (unpaired) electrons. The molecular weight excluding hydrogens is 174 g/mol. The van der Waals surface area contributed by atoms with Gasteiger partial charge < -0.3 is 5.73 Å². The highest BCUT2D eigenvalue weighted by molar-refractivity contribution is 5.66. The van der Waals surface area contributed by atoms with Crippen LogP contribution in [0.3, 0.4) is 0 Å². The quantitative estimate of drug-likeness (QED) is 0.674. The maximum Gasteiger partial charge on any atom is 0.270 e. The highest BCUT2D eigenvalue weighted by Gasteiger charge is 1.99. The Hall–Kier alpha value is -1.89. The molecule has 1 rings (SSSR count). The van der Waals surface area contributed by atoms with Gasteiger partial charge in [-0.25, -0.2) is 0 Å². The monoisotopic (exact) mass is 180 g/mol. The first-order valence-electron chi connectivity index (χ1n) is 3.46. The molecule has 1 aromatic carbocycles. The number of nitrogen functional groups attached to an aromatic ring is 1. The summed E-state index contributed by atoms with van der Waals surface area (Å²) in [4.78, 5) is 0. The van der Waals surface area contributed by atoms with Crippen LogP contribution in [0.25, 0.3) is 6.08 Å². The van der Waals surface area contributed by atoms with Crippen molar-refractivity contribution in [3.8, 4) is 6.07 Å². The Morgan fingerprint density at radius 1 is 1.46 bits per heavy atom. The maximum absolute atomic E-state index is 11.9. The van der Waals surface area contributed by atoms with E-state index in [9.17, 15) is 8.78 Å². The minimum Gasteiger partial charge on any atom is -0.398 e. The molecule has 0 aliphatic rings. The van der Waals surface area contributed by atoms with Gasteiger partial charge in [-0.2, -0.15) is 14.0 Å². The second-order valence-electron chi connectivity index (χ2n) is 2.39. The van der Waals surface area contributed by atoms with Crippen LogP contribution in [0.15, 0.2) is 24.3 Å². The molecule has 0 unspecified atom stereocenters. The zero-order valence-electron chi connectivity index (χ0n) is 6.59. The van der Waals surface area contributed by atoms with Crippen molar-refractivity contribution < 1.29 is 8.78 Å². The third-order valence-corrected chi connectivity index (χ3v) is 1.48. The fourth-order valence-corrected chi connectivity index (χ4v) is 0.887. The van der Waals surface area contributed by atoms with E-state index in [0.717, 1.165) is 0 Å². The number of nitrogens with zero attached hydrogens (tertiary/aromatic N) is 1. The van der Waals surface area contributed by atoms with Gasteiger partial charge in [-0.15, -0.1) is 0 Å². The number of nitriles is 1. The molecule has 4 heteroatoms. The van der Waals surface area contributed by atoms with E-state index in [0.29, 0.717) is 11.6 Å². The summed E-state index contributed by atoms with van der Waals surface area (Å²) >= 11 is 0. The van der Waals surface area contributed by atoms with E-state index < -0.39 is 6.08 Å². The summed E-state index contributed by atoms with van der Waals surface area (Å²) in [5.74, 6) is 0. The molecule has 2 N–H and O–H groups in total. The van der Waals surface area contributed by atoms with Crippen LogP contribution >= 0.6 is 0 Å². The normalized spacial score (nSPS) is 9.00. The van der Waals surface area contributed by atoms with Crippen molar-refractivity contribution in [2.75, 3.05) is 5.73 Å². The Morgan fingerprint density at radius 3 is 2.69 bits per heavy atom. The van der Waals surface area contributed by atoms with E-state index in [1.54, 1.807) is 0 Å². The van der Waals surface area contributed by atoms with Crippen LogP contribution < -0.4 is 5.73 Å². The Morgan fingerprint density at radius 2 is 2.15 bits per heavy atom. The largest absolute Gasteiger partial charge is 0.398 e. The predicted octanol–water partition coefficient (Wildman–Crippen LogP) is 2.38. The van der Waals surface area contributed by atoms with Gasteiger partial charge in [-0.1, -0.05) is 0 Å². The lowest BCUT2D eigenvalue weighted by atomic mass is 10.1. The summed E-state index contributed by atoms with van der Waals surface area (Å²) < 4.78 is 23.7. The second kappa shape index (κ2) is 3.68. The lowest BCUT2D eigenvalue weighted by Gasteiger charge is -1.98. The first kappa shape index (κ1) is 9.20. The topological polar surface area (TPSA) is 49.8 Å². The van der Waals surface area contributed by atoms with Gasteiger partial charge in [0.05, 0.1) is 11.6 Å². The minimum atomic E-state index is -1.83. The van der Waals surface area contributed by atoms with E-state index in [2.05, 4.69) is 0 Å². The first-order valence-corrected chi connectivity index (χ1v) is 3.46. The molecule has 0 heterocycles. The van der Waals surface area contributed by atoms with E-state index in [4.69, 9.17) is 11.0 Å². The highest BCUT2D eigenvalue weighted by atomic mass is 19.3. The van der Waals surface area contributed by atoms with E-state index in [1.165, 1.54) is 18.2 Å². The molecule has 1 aromatic rings. The molecule has 0 atom stereocenters. The van der Waals surface area contributed by atoms with Gasteiger partial charge in [0.2, 0.25) is 0 Å². The van der Waals surface area contributed by atoms with Crippen molar-refractivity contribution in [1.29, 1.82) is 5.26 Å². The van der Waals surface area contributed by atoms with Gasteiger partial charge >= 0.3 is 0 Å². The SMILES string of the molecule is N#Cc1ccc(N)c(C=C(F)F)c1. The number of hydrogen-bond acceptors (Lipinski definition) is 2. The molecule has 2 nitrogen and oxygen atoms in total. The van der Waals surface area contributed by atoms with E-state index >= 15 is 0 Å². The summed E-state index contributed by atoms with van der Waals surface area (Å²) in [6.07, 6.45) is -1.20. The number of halogens is 2. The third-order valence-electron chi connectivity index (χ3n) is 1.48. The maximum atomic E-state index is 11.9. The van der Waals surface area contributed by atoms with Crippen LogP contribution in [-0.2, 0) is 0 Å². The molecule has 0 aliphatic heterocycles. The van der Waals surface area contributed by atoms with Crippen LogP contribution in [0.1, 0.15) is 11.1 Å². The molecule has 0 spiro atoms. The molecule has 0 aliphatic carbocycles. The van der Waals surface area contributed by atoms with E-state index in [-0.39, 0.29) is 11.3 Å². The number of hydrogen-bond donors (Lipinski definition) is 1. The van der Waals surface area contributed by atoms with Gasteiger partial charge in [0, 0.05) is 17.3 Å². The van der Waals surface area contributed by atoms with Crippen LogP contribution in [0, 0.1) is 11.3 Å². The van der Waals surface area contributed by atoms with Crippen molar-refractivity contribution >= 4 is 11.8 Å². The number of rotatable bonds is 1. The van der Waals surface area contributed by atoms with Crippen LogP contribution in [0.4, 0.5) is 14.5 Å². The summed E-state index contributed by atoms with van der Waals surface area (Å²) in [7, 11) is 0. The number of anilines is 1. The van der Waals surface area contributed by atoms with Crippen LogP contribution in [0.2, 0.25) is 0 Å². The molecular formula is C9H6F2N2. The second-order valence-corrected chi connectivity index (χ2v) is 2.39. The average molecular weight is 180 g/mol. The number of benzene rings is 1. The molecule has 13 heavy (non-hydrogen) atoms. The lowest BCUT2D eigenvalue weighted by Crippen LogP contribution is -1.89. The van der Waals surface area contributed by atoms with Crippen LogP contribution in [-0.4, -0.2) is 0 Å². The Balaban J connectivity index is 3.21. The average Bonchev–Trinajstić information content (AvgIpc) is 2.08. The Kier molecular flexibility index (Phi) is 2.60. The molecule has 0 saturated carbocycles. The van der Waals surface area contributed by atoms with E-state index in [1.807, 2.05) is 6.07 Å². The lowest BCUT2D eigenvalue weighted by molar-refractivity contribution is 0.429. The fourth-order valence-electron chi connectivity index (χ4n) is 0.887. The molecule has 0 fully saturated rings. The summed E-state index contributed by atoms with van der Waals surface area (Å²) in [5.41, 5.74) is 6.11. The minimum absolute atomic E-state index is 0.166. The zero-order chi connectivity index (χ0) is 9.84. The third kappa shape index (κ3) is 2.27. The molecule has 0 amide bonds. The summed E-state index contributed by atoms with van der Waals surface area (Å²) in [6.45, 7) is 0.